The second kappa shape index (κ2) is 5.74. The highest BCUT2D eigenvalue weighted by atomic mass is 35.5. The van der Waals surface area contributed by atoms with Gasteiger partial charge in [0.05, 0.1) is 5.92 Å². The molecule has 0 radical (unpaired) electrons. The maximum absolute atomic E-state index is 13.1. The first-order valence-electron chi connectivity index (χ1n) is 6.59. The molecule has 0 saturated carbocycles. The number of benzene rings is 2. The molecule has 0 fully saturated rings. The molecule has 21 heavy (non-hydrogen) atoms. The van der Waals surface area contributed by atoms with E-state index in [1.165, 1.54) is 12.1 Å². The second-order valence-electron chi connectivity index (χ2n) is 4.96. The van der Waals surface area contributed by atoms with Crippen molar-refractivity contribution in [1.29, 1.82) is 0 Å². The van der Waals surface area contributed by atoms with E-state index < -0.39 is 0 Å². The molecule has 3 rings (SSSR count). The van der Waals surface area contributed by atoms with Crippen molar-refractivity contribution in [2.45, 2.75) is 6.42 Å². The third kappa shape index (κ3) is 3.16. The standard InChI is InChI=1S/C16H13ClFNO2/c17-12-4-5-15-10(7-12)6-11(9-21-15)16(20)19-14-3-1-2-13(18)8-14/h1-5,7-8,11H,6,9H2,(H,19,20)/t11-/m1/s1. The van der Waals surface area contributed by atoms with Crippen LogP contribution in [0.5, 0.6) is 5.75 Å². The Morgan fingerprint density at radius 2 is 2.14 bits per heavy atom. The number of halogens is 2. The van der Waals surface area contributed by atoms with Crippen LogP contribution < -0.4 is 10.1 Å². The maximum Gasteiger partial charge on any atom is 0.231 e. The third-order valence-corrected chi connectivity index (χ3v) is 3.63. The van der Waals surface area contributed by atoms with E-state index in [2.05, 4.69) is 5.32 Å². The largest absolute Gasteiger partial charge is 0.492 e. The lowest BCUT2D eigenvalue weighted by Crippen LogP contribution is -2.32. The van der Waals surface area contributed by atoms with Crippen LogP contribution >= 0.6 is 11.6 Å². The van der Waals surface area contributed by atoms with Gasteiger partial charge in [-0.25, -0.2) is 4.39 Å². The minimum atomic E-state index is -0.384. The summed E-state index contributed by atoms with van der Waals surface area (Å²) in [5, 5.41) is 3.32. The monoisotopic (exact) mass is 305 g/mol. The number of rotatable bonds is 2. The molecule has 1 N–H and O–H groups in total. The molecule has 0 unspecified atom stereocenters. The Balaban J connectivity index is 1.72. The molecule has 0 aliphatic carbocycles. The summed E-state index contributed by atoms with van der Waals surface area (Å²) in [6.07, 6.45) is 0.553. The number of ether oxygens (including phenoxy) is 1. The van der Waals surface area contributed by atoms with Gasteiger partial charge in [0, 0.05) is 10.7 Å². The number of nitrogens with one attached hydrogen (secondary N) is 1. The van der Waals surface area contributed by atoms with Crippen LogP contribution in [-0.4, -0.2) is 12.5 Å². The van der Waals surface area contributed by atoms with E-state index in [-0.39, 0.29) is 17.6 Å². The smallest absolute Gasteiger partial charge is 0.231 e. The fourth-order valence-corrected chi connectivity index (χ4v) is 2.54. The van der Waals surface area contributed by atoms with E-state index in [0.717, 1.165) is 11.3 Å². The fourth-order valence-electron chi connectivity index (χ4n) is 2.34. The minimum Gasteiger partial charge on any atom is -0.492 e. The normalized spacial score (nSPS) is 16.8. The van der Waals surface area contributed by atoms with E-state index in [4.69, 9.17) is 16.3 Å². The minimum absolute atomic E-state index is 0.189. The van der Waals surface area contributed by atoms with Gasteiger partial charge in [-0.1, -0.05) is 17.7 Å². The Morgan fingerprint density at radius 3 is 2.95 bits per heavy atom. The maximum atomic E-state index is 13.1. The van der Waals surface area contributed by atoms with Crippen molar-refractivity contribution in [3.05, 3.63) is 58.9 Å². The molecular weight excluding hydrogens is 293 g/mol. The molecule has 2 aromatic carbocycles. The van der Waals surface area contributed by atoms with Gasteiger partial charge in [-0.15, -0.1) is 0 Å². The predicted molar refractivity (Wildman–Crippen MR) is 79.2 cm³/mol. The van der Waals surface area contributed by atoms with E-state index in [9.17, 15) is 9.18 Å². The van der Waals surface area contributed by atoms with Crippen molar-refractivity contribution in [3.63, 3.8) is 0 Å². The first-order chi connectivity index (χ1) is 10.1. The third-order valence-electron chi connectivity index (χ3n) is 3.39. The summed E-state index contributed by atoms with van der Waals surface area (Å²) in [5.74, 6) is -0.135. The number of carbonyl (C=O) groups excluding carboxylic acids is 1. The summed E-state index contributed by atoms with van der Waals surface area (Å²) < 4.78 is 18.7. The summed E-state index contributed by atoms with van der Waals surface area (Å²) in [5.41, 5.74) is 1.35. The number of fused-ring (bicyclic) bond motifs is 1. The molecular formula is C16H13ClFNO2. The van der Waals surface area contributed by atoms with Gasteiger partial charge < -0.3 is 10.1 Å². The average molecular weight is 306 g/mol. The number of hydrogen-bond donors (Lipinski definition) is 1. The molecule has 1 amide bonds. The first-order valence-corrected chi connectivity index (χ1v) is 6.97. The van der Waals surface area contributed by atoms with Crippen molar-refractivity contribution in [2.24, 2.45) is 5.92 Å². The Bertz CT molecular complexity index is 690. The molecule has 2 aromatic rings. The number of anilines is 1. The topological polar surface area (TPSA) is 38.3 Å². The summed E-state index contributed by atoms with van der Waals surface area (Å²) in [4.78, 5) is 12.2. The Morgan fingerprint density at radius 1 is 1.29 bits per heavy atom. The van der Waals surface area contributed by atoms with Crippen molar-refractivity contribution >= 4 is 23.2 Å². The van der Waals surface area contributed by atoms with E-state index in [1.807, 2.05) is 0 Å². The summed E-state index contributed by atoms with van der Waals surface area (Å²) >= 11 is 5.95. The second-order valence-corrected chi connectivity index (χ2v) is 5.40. The zero-order chi connectivity index (χ0) is 14.8. The van der Waals surface area contributed by atoms with Gasteiger partial charge >= 0.3 is 0 Å². The van der Waals surface area contributed by atoms with Gasteiger partial charge in [0.2, 0.25) is 5.91 Å². The average Bonchev–Trinajstić information content (AvgIpc) is 2.46. The number of carbonyl (C=O) groups is 1. The van der Waals surface area contributed by atoms with Gasteiger partial charge in [0.15, 0.2) is 0 Å². The highest BCUT2D eigenvalue weighted by Gasteiger charge is 2.26. The first kappa shape index (κ1) is 13.9. The number of hydrogen-bond acceptors (Lipinski definition) is 2. The molecule has 0 saturated heterocycles. The van der Waals surface area contributed by atoms with E-state index in [0.29, 0.717) is 23.7 Å². The van der Waals surface area contributed by atoms with E-state index in [1.54, 1.807) is 30.3 Å². The van der Waals surface area contributed by atoms with E-state index >= 15 is 0 Å². The quantitative estimate of drug-likeness (QED) is 0.919. The van der Waals surface area contributed by atoms with Crippen molar-refractivity contribution in [1.82, 2.24) is 0 Å². The Kier molecular flexibility index (Phi) is 3.80. The van der Waals surface area contributed by atoms with Crippen molar-refractivity contribution in [2.75, 3.05) is 11.9 Å². The van der Waals surface area contributed by atoms with Gasteiger partial charge in [-0.2, -0.15) is 0 Å². The Hall–Kier alpha value is -2.07. The molecule has 0 spiro atoms. The van der Waals surface area contributed by atoms with Gasteiger partial charge in [0.1, 0.15) is 18.2 Å². The molecule has 108 valence electrons. The highest BCUT2D eigenvalue weighted by molar-refractivity contribution is 6.30. The van der Waals surface area contributed by atoms with Crippen LogP contribution in [0.3, 0.4) is 0 Å². The van der Waals surface area contributed by atoms with Crippen molar-refractivity contribution in [3.8, 4) is 5.75 Å². The van der Waals surface area contributed by atoms with Gasteiger partial charge in [-0.3, -0.25) is 4.79 Å². The van der Waals surface area contributed by atoms with Gasteiger partial charge in [-0.05, 0) is 48.4 Å². The molecule has 1 aliphatic heterocycles. The number of amides is 1. The lowest BCUT2D eigenvalue weighted by Gasteiger charge is -2.24. The molecule has 1 atom stereocenters. The summed E-state index contributed by atoms with van der Waals surface area (Å²) in [6, 6.07) is 11.2. The SMILES string of the molecule is O=C(Nc1cccc(F)c1)[C@H]1COc2ccc(Cl)cc2C1. The lowest BCUT2D eigenvalue weighted by molar-refractivity contribution is -0.121. The lowest BCUT2D eigenvalue weighted by atomic mass is 9.96. The van der Waals surface area contributed by atoms with Crippen molar-refractivity contribution < 1.29 is 13.9 Å². The van der Waals surface area contributed by atoms with Crippen LogP contribution in [-0.2, 0) is 11.2 Å². The molecule has 1 aliphatic rings. The predicted octanol–water partition coefficient (Wildman–Crippen LogP) is 3.67. The molecule has 3 nitrogen and oxygen atoms in total. The van der Waals surface area contributed by atoms with Gasteiger partial charge in [0.25, 0.3) is 0 Å². The van der Waals surface area contributed by atoms with Crippen LogP contribution in [0.1, 0.15) is 5.56 Å². The zero-order valence-corrected chi connectivity index (χ0v) is 11.9. The molecule has 5 heteroatoms. The van der Waals surface area contributed by atoms with Crippen LogP contribution in [0.2, 0.25) is 5.02 Å². The zero-order valence-electron chi connectivity index (χ0n) is 11.1. The summed E-state index contributed by atoms with van der Waals surface area (Å²) in [7, 11) is 0. The van der Waals surface area contributed by atoms with Crippen LogP contribution in [0.25, 0.3) is 0 Å². The highest BCUT2D eigenvalue weighted by Crippen LogP contribution is 2.30. The molecule has 1 heterocycles. The van der Waals surface area contributed by atoms with Crippen LogP contribution in [0.4, 0.5) is 10.1 Å². The van der Waals surface area contributed by atoms with Crippen LogP contribution in [0, 0.1) is 11.7 Å². The fraction of sp³-hybridized carbons (Fsp3) is 0.188. The molecule has 0 aromatic heterocycles. The Labute approximate surface area is 126 Å². The van der Waals surface area contributed by atoms with Crippen LogP contribution in [0.15, 0.2) is 42.5 Å². The molecule has 0 bridgehead atoms. The summed E-state index contributed by atoms with van der Waals surface area (Å²) in [6.45, 7) is 0.301.